The third kappa shape index (κ3) is 3.74. The van der Waals surface area contributed by atoms with Crippen molar-refractivity contribution >= 4 is 23.9 Å². The highest BCUT2D eigenvalue weighted by Crippen LogP contribution is 2.17. The zero-order chi connectivity index (χ0) is 18.5. The molecule has 0 N–H and O–H groups in total. The molecule has 0 radical (unpaired) electrons. The number of nitrogens with zero attached hydrogens (tertiary/aromatic N) is 3. The molecule has 0 atom stereocenters. The van der Waals surface area contributed by atoms with Gasteiger partial charge in [-0.05, 0) is 30.3 Å². The minimum absolute atomic E-state index is 0.118. The van der Waals surface area contributed by atoms with Crippen LogP contribution in [0.2, 0.25) is 0 Å². The monoisotopic (exact) mass is 351 g/mol. The molecule has 0 unspecified atom stereocenters. The second-order valence-corrected chi connectivity index (χ2v) is 6.21. The summed E-state index contributed by atoms with van der Waals surface area (Å²) in [4.78, 5) is 41.2. The van der Waals surface area contributed by atoms with Gasteiger partial charge in [0.2, 0.25) is 6.41 Å². The van der Waals surface area contributed by atoms with Gasteiger partial charge in [0.05, 0.1) is 0 Å². The maximum atomic E-state index is 12.7. The molecule has 134 valence electrons. The molecule has 1 aliphatic heterocycles. The van der Waals surface area contributed by atoms with E-state index >= 15 is 0 Å². The highest BCUT2D eigenvalue weighted by atomic mass is 16.2. The molecule has 0 spiro atoms. The number of benzene rings is 2. The number of amides is 3. The fraction of sp³-hybridized carbons (Fsp3) is 0.250. The molecule has 3 amide bonds. The Kier molecular flexibility index (Phi) is 5.31. The predicted molar refractivity (Wildman–Crippen MR) is 99.2 cm³/mol. The van der Waals surface area contributed by atoms with Crippen LogP contribution in [0.4, 0.5) is 5.69 Å². The highest BCUT2D eigenvalue weighted by Gasteiger charge is 2.22. The van der Waals surface area contributed by atoms with Crippen molar-refractivity contribution in [1.82, 2.24) is 9.80 Å². The van der Waals surface area contributed by atoms with Gasteiger partial charge in [-0.3, -0.25) is 14.4 Å². The van der Waals surface area contributed by atoms with Crippen LogP contribution in [0, 0.1) is 0 Å². The largest absolute Gasteiger partial charge is 0.342 e. The molecule has 0 aromatic heterocycles. The quantitative estimate of drug-likeness (QED) is 0.790. The van der Waals surface area contributed by atoms with Crippen LogP contribution in [-0.2, 0) is 4.79 Å². The minimum atomic E-state index is -0.170. The lowest BCUT2D eigenvalue weighted by molar-refractivity contribution is -0.119. The zero-order valence-corrected chi connectivity index (χ0v) is 14.7. The van der Waals surface area contributed by atoms with Gasteiger partial charge in [0.25, 0.3) is 11.8 Å². The van der Waals surface area contributed by atoms with Crippen molar-refractivity contribution in [1.29, 1.82) is 0 Å². The van der Waals surface area contributed by atoms with Crippen LogP contribution in [0.5, 0.6) is 0 Å². The van der Waals surface area contributed by atoms with Gasteiger partial charge >= 0.3 is 0 Å². The molecular weight excluding hydrogens is 330 g/mol. The van der Waals surface area contributed by atoms with Crippen molar-refractivity contribution < 1.29 is 14.4 Å². The van der Waals surface area contributed by atoms with Crippen LogP contribution in [0.1, 0.15) is 20.7 Å². The molecule has 1 saturated heterocycles. The van der Waals surface area contributed by atoms with Crippen molar-refractivity contribution in [3.63, 3.8) is 0 Å². The molecule has 2 aromatic carbocycles. The molecular formula is C20H21N3O3. The number of hydrogen-bond acceptors (Lipinski definition) is 3. The number of carbonyl (C=O) groups excluding carboxylic acids is 3. The van der Waals surface area contributed by atoms with Gasteiger partial charge in [0.1, 0.15) is 0 Å². The Morgan fingerprint density at radius 2 is 1.58 bits per heavy atom. The summed E-state index contributed by atoms with van der Waals surface area (Å²) in [6, 6.07) is 16.1. The molecule has 6 heteroatoms. The van der Waals surface area contributed by atoms with Crippen LogP contribution < -0.4 is 4.90 Å². The van der Waals surface area contributed by atoms with Gasteiger partial charge in [0.15, 0.2) is 0 Å². The lowest BCUT2D eigenvalue weighted by atomic mass is 10.1. The summed E-state index contributed by atoms with van der Waals surface area (Å²) < 4.78 is 0. The Bertz CT molecular complexity index is 799. The minimum Gasteiger partial charge on any atom is -0.342 e. The first-order chi connectivity index (χ1) is 12.6. The maximum Gasteiger partial charge on any atom is 0.258 e. The van der Waals surface area contributed by atoms with E-state index in [4.69, 9.17) is 0 Å². The Hall–Kier alpha value is -3.15. The average Bonchev–Trinajstić information content (AvgIpc) is 2.73. The highest BCUT2D eigenvalue weighted by molar-refractivity contribution is 6.07. The van der Waals surface area contributed by atoms with E-state index < -0.39 is 0 Å². The fourth-order valence-corrected chi connectivity index (χ4v) is 2.96. The first-order valence-electron chi connectivity index (χ1n) is 8.52. The van der Waals surface area contributed by atoms with E-state index in [2.05, 4.69) is 0 Å². The smallest absolute Gasteiger partial charge is 0.258 e. The standard InChI is InChI=1S/C20H21N3O3/c1-21(18-8-3-2-4-9-18)19(25)16-6-5-7-17(14-16)20(26)23-12-10-22(15-24)11-13-23/h2-9,14-15H,10-13H2,1H3. The summed E-state index contributed by atoms with van der Waals surface area (Å²) in [6.45, 7) is 2.06. The molecule has 3 rings (SSSR count). The Morgan fingerprint density at radius 1 is 0.923 bits per heavy atom. The molecule has 26 heavy (non-hydrogen) atoms. The van der Waals surface area contributed by atoms with E-state index in [9.17, 15) is 14.4 Å². The van der Waals surface area contributed by atoms with Crippen LogP contribution in [-0.4, -0.2) is 61.3 Å². The van der Waals surface area contributed by atoms with Crippen LogP contribution >= 0.6 is 0 Å². The summed E-state index contributed by atoms with van der Waals surface area (Å²) >= 11 is 0. The predicted octanol–water partition coefficient (Wildman–Crippen LogP) is 1.88. The molecule has 2 aromatic rings. The molecule has 6 nitrogen and oxygen atoms in total. The van der Waals surface area contributed by atoms with E-state index in [1.807, 2.05) is 30.3 Å². The number of para-hydroxylation sites is 1. The maximum absolute atomic E-state index is 12.7. The van der Waals surface area contributed by atoms with Gasteiger partial charge in [-0.15, -0.1) is 0 Å². The summed E-state index contributed by atoms with van der Waals surface area (Å²) in [6.07, 6.45) is 0.806. The van der Waals surface area contributed by atoms with Gasteiger partial charge in [0, 0.05) is 50.0 Å². The van der Waals surface area contributed by atoms with E-state index in [1.54, 1.807) is 46.0 Å². The van der Waals surface area contributed by atoms with Gasteiger partial charge < -0.3 is 14.7 Å². The van der Waals surface area contributed by atoms with Crippen molar-refractivity contribution in [2.75, 3.05) is 38.1 Å². The van der Waals surface area contributed by atoms with Gasteiger partial charge in [-0.25, -0.2) is 0 Å². The third-order valence-electron chi connectivity index (χ3n) is 4.56. The van der Waals surface area contributed by atoms with E-state index in [0.29, 0.717) is 37.3 Å². The number of piperazine rings is 1. The number of anilines is 1. The van der Waals surface area contributed by atoms with E-state index in [1.165, 1.54) is 0 Å². The van der Waals surface area contributed by atoms with Crippen LogP contribution in [0.3, 0.4) is 0 Å². The lowest BCUT2D eigenvalue weighted by Gasteiger charge is -2.32. The summed E-state index contributed by atoms with van der Waals surface area (Å²) in [7, 11) is 1.71. The topological polar surface area (TPSA) is 60.9 Å². The summed E-state index contributed by atoms with van der Waals surface area (Å²) in [5, 5.41) is 0. The van der Waals surface area contributed by atoms with E-state index in [0.717, 1.165) is 12.1 Å². The van der Waals surface area contributed by atoms with Crippen molar-refractivity contribution in [3.05, 3.63) is 65.7 Å². The Morgan fingerprint density at radius 3 is 2.23 bits per heavy atom. The zero-order valence-electron chi connectivity index (χ0n) is 14.7. The fourth-order valence-electron chi connectivity index (χ4n) is 2.96. The van der Waals surface area contributed by atoms with E-state index in [-0.39, 0.29) is 11.8 Å². The molecule has 1 aliphatic rings. The summed E-state index contributed by atoms with van der Waals surface area (Å²) in [5.74, 6) is -0.288. The number of hydrogen-bond donors (Lipinski definition) is 0. The average molecular weight is 351 g/mol. The molecule has 0 bridgehead atoms. The van der Waals surface area contributed by atoms with Crippen molar-refractivity contribution in [2.45, 2.75) is 0 Å². The molecule has 1 heterocycles. The number of rotatable bonds is 4. The second kappa shape index (κ2) is 7.82. The van der Waals surface area contributed by atoms with Gasteiger partial charge in [-0.1, -0.05) is 24.3 Å². The Labute approximate surface area is 152 Å². The third-order valence-corrected chi connectivity index (χ3v) is 4.56. The first kappa shape index (κ1) is 17.7. The normalized spacial score (nSPS) is 14.0. The van der Waals surface area contributed by atoms with Gasteiger partial charge in [-0.2, -0.15) is 0 Å². The molecule has 0 aliphatic carbocycles. The summed E-state index contributed by atoms with van der Waals surface area (Å²) in [5.41, 5.74) is 1.74. The van der Waals surface area contributed by atoms with Crippen molar-refractivity contribution in [2.24, 2.45) is 0 Å². The molecule has 0 saturated carbocycles. The Balaban J connectivity index is 1.74. The van der Waals surface area contributed by atoms with Crippen LogP contribution in [0.25, 0.3) is 0 Å². The lowest BCUT2D eigenvalue weighted by Crippen LogP contribution is -2.48. The first-order valence-corrected chi connectivity index (χ1v) is 8.52. The second-order valence-electron chi connectivity index (χ2n) is 6.21. The molecule has 1 fully saturated rings. The van der Waals surface area contributed by atoms with Crippen LogP contribution in [0.15, 0.2) is 54.6 Å². The SMILES string of the molecule is CN(C(=O)c1cccc(C(=O)N2CCN(C=O)CC2)c1)c1ccccc1. The number of carbonyl (C=O) groups is 3. The van der Waals surface area contributed by atoms with Crippen molar-refractivity contribution in [3.8, 4) is 0 Å².